The molecule has 0 bridgehead atoms. The third kappa shape index (κ3) is 1.70. The van der Waals surface area contributed by atoms with Gasteiger partial charge in [0.2, 0.25) is 0 Å². The molecule has 1 heterocycles. The summed E-state index contributed by atoms with van der Waals surface area (Å²) in [6.45, 7) is 1.91. The van der Waals surface area contributed by atoms with E-state index in [9.17, 15) is 4.79 Å². The minimum absolute atomic E-state index is 0.118. The molecule has 1 aliphatic carbocycles. The van der Waals surface area contributed by atoms with Gasteiger partial charge in [0, 0.05) is 6.42 Å². The summed E-state index contributed by atoms with van der Waals surface area (Å²) in [5.74, 6) is 1.02. The highest BCUT2D eigenvalue weighted by Crippen LogP contribution is 2.38. The Labute approximate surface area is 100 Å². The standard InChI is InChI=1S/C15H14O2/c1-10-6-7-17-15(10)14(16)9-12-8-11-4-2-3-5-13(11)12/h2-7,12H,8-9H2,1H3. The molecular formula is C15H14O2. The Morgan fingerprint density at radius 2 is 2.18 bits per heavy atom. The highest BCUT2D eigenvalue weighted by atomic mass is 16.3. The van der Waals surface area contributed by atoms with Crippen molar-refractivity contribution < 1.29 is 9.21 Å². The summed E-state index contributed by atoms with van der Waals surface area (Å²) in [6.07, 6.45) is 3.16. The van der Waals surface area contributed by atoms with Crippen LogP contribution in [0.15, 0.2) is 41.0 Å². The first-order valence-electron chi connectivity index (χ1n) is 5.91. The quantitative estimate of drug-likeness (QED) is 0.750. The number of hydrogen-bond acceptors (Lipinski definition) is 2. The van der Waals surface area contributed by atoms with Crippen LogP contribution in [0, 0.1) is 6.92 Å². The van der Waals surface area contributed by atoms with E-state index in [4.69, 9.17) is 4.42 Å². The predicted octanol–water partition coefficient (Wildman–Crippen LogP) is 3.50. The molecule has 1 aliphatic rings. The van der Waals surface area contributed by atoms with Gasteiger partial charge < -0.3 is 4.42 Å². The highest BCUT2D eigenvalue weighted by Gasteiger charge is 2.28. The highest BCUT2D eigenvalue weighted by molar-refractivity contribution is 5.95. The molecule has 0 saturated carbocycles. The third-order valence-corrected chi connectivity index (χ3v) is 3.51. The maximum atomic E-state index is 12.0. The molecule has 0 fully saturated rings. The van der Waals surface area contributed by atoms with E-state index in [0.29, 0.717) is 18.1 Å². The van der Waals surface area contributed by atoms with Gasteiger partial charge in [0.05, 0.1) is 6.26 Å². The molecule has 0 amide bonds. The van der Waals surface area contributed by atoms with Crippen molar-refractivity contribution in [3.63, 3.8) is 0 Å². The first kappa shape index (κ1) is 10.3. The third-order valence-electron chi connectivity index (χ3n) is 3.51. The molecule has 17 heavy (non-hydrogen) atoms. The number of fused-ring (bicyclic) bond motifs is 1. The average Bonchev–Trinajstić information content (AvgIpc) is 2.72. The van der Waals surface area contributed by atoms with Crippen LogP contribution in [-0.4, -0.2) is 5.78 Å². The van der Waals surface area contributed by atoms with Gasteiger partial charge in [-0.25, -0.2) is 0 Å². The Kier molecular flexibility index (Phi) is 2.36. The molecule has 0 spiro atoms. The van der Waals surface area contributed by atoms with Gasteiger partial charge in [-0.3, -0.25) is 4.79 Å². The summed E-state index contributed by atoms with van der Waals surface area (Å²) in [5.41, 5.74) is 3.63. The lowest BCUT2D eigenvalue weighted by Gasteiger charge is -2.29. The smallest absolute Gasteiger partial charge is 0.198 e. The van der Waals surface area contributed by atoms with Gasteiger partial charge in [0.1, 0.15) is 0 Å². The minimum atomic E-state index is 0.118. The lowest BCUT2D eigenvalue weighted by atomic mass is 9.75. The van der Waals surface area contributed by atoms with E-state index in [-0.39, 0.29) is 5.78 Å². The van der Waals surface area contributed by atoms with Gasteiger partial charge >= 0.3 is 0 Å². The first-order valence-corrected chi connectivity index (χ1v) is 5.91. The van der Waals surface area contributed by atoms with Crippen molar-refractivity contribution >= 4 is 5.78 Å². The molecule has 0 saturated heterocycles. The SMILES string of the molecule is Cc1ccoc1C(=O)CC1Cc2ccccc21. The maximum Gasteiger partial charge on any atom is 0.198 e. The molecule has 2 nitrogen and oxygen atoms in total. The predicted molar refractivity (Wildman–Crippen MR) is 65.3 cm³/mol. The Hall–Kier alpha value is -1.83. The summed E-state index contributed by atoms with van der Waals surface area (Å²) < 4.78 is 5.23. The number of carbonyl (C=O) groups excluding carboxylic acids is 1. The second-order valence-corrected chi connectivity index (χ2v) is 4.66. The van der Waals surface area contributed by atoms with Crippen LogP contribution in [0.3, 0.4) is 0 Å². The van der Waals surface area contributed by atoms with E-state index < -0.39 is 0 Å². The summed E-state index contributed by atoms with van der Waals surface area (Å²) in [4.78, 5) is 12.0. The maximum absolute atomic E-state index is 12.0. The summed E-state index contributed by atoms with van der Waals surface area (Å²) in [7, 11) is 0. The van der Waals surface area contributed by atoms with Gasteiger partial charge in [0.25, 0.3) is 0 Å². The Balaban J connectivity index is 1.75. The van der Waals surface area contributed by atoms with E-state index >= 15 is 0 Å². The van der Waals surface area contributed by atoms with Gasteiger partial charge in [-0.05, 0) is 42.0 Å². The van der Waals surface area contributed by atoms with Crippen LogP contribution in [0.4, 0.5) is 0 Å². The lowest BCUT2D eigenvalue weighted by Crippen LogP contribution is -2.20. The van der Waals surface area contributed by atoms with Crippen LogP contribution >= 0.6 is 0 Å². The normalized spacial score (nSPS) is 17.4. The van der Waals surface area contributed by atoms with Gasteiger partial charge in [0.15, 0.2) is 11.5 Å². The lowest BCUT2D eigenvalue weighted by molar-refractivity contribution is 0.0942. The molecule has 1 aromatic heterocycles. The Morgan fingerprint density at radius 1 is 1.35 bits per heavy atom. The number of furan rings is 1. The molecule has 86 valence electrons. The van der Waals surface area contributed by atoms with Gasteiger partial charge in [-0.1, -0.05) is 24.3 Å². The molecule has 2 heteroatoms. The van der Waals surface area contributed by atoms with Crippen molar-refractivity contribution in [3.05, 3.63) is 59.0 Å². The van der Waals surface area contributed by atoms with Gasteiger partial charge in [-0.2, -0.15) is 0 Å². The van der Waals surface area contributed by atoms with E-state index in [1.165, 1.54) is 11.1 Å². The summed E-state index contributed by atoms with van der Waals surface area (Å²) in [5, 5.41) is 0. The van der Waals surface area contributed by atoms with Crippen LogP contribution in [0.5, 0.6) is 0 Å². The van der Waals surface area contributed by atoms with Crippen molar-refractivity contribution in [3.8, 4) is 0 Å². The zero-order valence-corrected chi connectivity index (χ0v) is 9.77. The molecule has 0 aliphatic heterocycles. The van der Waals surface area contributed by atoms with Crippen LogP contribution in [0.2, 0.25) is 0 Å². The topological polar surface area (TPSA) is 30.2 Å². The summed E-state index contributed by atoms with van der Waals surface area (Å²) >= 11 is 0. The zero-order chi connectivity index (χ0) is 11.8. The number of Topliss-reactive ketones (excluding diaryl/α,β-unsaturated/α-hetero) is 1. The fraction of sp³-hybridized carbons (Fsp3) is 0.267. The van der Waals surface area contributed by atoms with E-state index in [1.54, 1.807) is 6.26 Å². The van der Waals surface area contributed by atoms with Crippen LogP contribution < -0.4 is 0 Å². The molecule has 0 radical (unpaired) electrons. The Bertz CT molecular complexity index is 566. The zero-order valence-electron chi connectivity index (χ0n) is 9.77. The van der Waals surface area contributed by atoms with E-state index in [1.807, 2.05) is 25.1 Å². The monoisotopic (exact) mass is 226 g/mol. The minimum Gasteiger partial charge on any atom is -0.461 e. The number of ketones is 1. The second kappa shape index (κ2) is 3.88. The molecule has 1 aromatic carbocycles. The molecule has 2 aromatic rings. The van der Waals surface area contributed by atoms with Crippen LogP contribution in [0.25, 0.3) is 0 Å². The largest absolute Gasteiger partial charge is 0.461 e. The fourth-order valence-electron chi connectivity index (χ4n) is 2.52. The average molecular weight is 226 g/mol. The van der Waals surface area contributed by atoms with Crippen LogP contribution in [0.1, 0.15) is 39.6 Å². The number of benzene rings is 1. The van der Waals surface area contributed by atoms with Crippen LogP contribution in [-0.2, 0) is 6.42 Å². The molecule has 0 N–H and O–H groups in total. The molecule has 3 rings (SSSR count). The number of aryl methyl sites for hydroxylation is 1. The molecular weight excluding hydrogens is 212 g/mol. The van der Waals surface area contributed by atoms with Crippen molar-refractivity contribution in [2.24, 2.45) is 0 Å². The van der Waals surface area contributed by atoms with Crippen molar-refractivity contribution in [1.29, 1.82) is 0 Å². The number of hydrogen-bond donors (Lipinski definition) is 0. The van der Waals surface area contributed by atoms with Gasteiger partial charge in [-0.15, -0.1) is 0 Å². The van der Waals surface area contributed by atoms with Crippen molar-refractivity contribution in [1.82, 2.24) is 0 Å². The number of carbonyl (C=O) groups is 1. The number of rotatable bonds is 3. The molecule has 1 unspecified atom stereocenters. The van der Waals surface area contributed by atoms with Crippen molar-refractivity contribution in [2.75, 3.05) is 0 Å². The van der Waals surface area contributed by atoms with Crippen molar-refractivity contribution in [2.45, 2.75) is 25.7 Å². The molecule has 1 atom stereocenters. The van der Waals surface area contributed by atoms with E-state index in [0.717, 1.165) is 12.0 Å². The fourth-order valence-corrected chi connectivity index (χ4v) is 2.52. The Morgan fingerprint density at radius 3 is 2.88 bits per heavy atom. The van der Waals surface area contributed by atoms with E-state index in [2.05, 4.69) is 12.1 Å². The second-order valence-electron chi connectivity index (χ2n) is 4.66. The summed E-state index contributed by atoms with van der Waals surface area (Å²) in [6, 6.07) is 10.2. The first-order chi connectivity index (χ1) is 8.25.